The van der Waals surface area contributed by atoms with E-state index in [0.29, 0.717) is 0 Å². The van der Waals surface area contributed by atoms with Gasteiger partial charge in [-0.1, -0.05) is 48.5 Å². The van der Waals surface area contributed by atoms with E-state index < -0.39 is 0 Å². The average molecular weight is 316 g/mol. The molecule has 0 aliphatic carbocycles. The summed E-state index contributed by atoms with van der Waals surface area (Å²) in [5.41, 5.74) is 1.50. The van der Waals surface area contributed by atoms with Crippen molar-refractivity contribution in [2.75, 3.05) is 18.0 Å². The third kappa shape index (κ3) is 3.28. The Morgan fingerprint density at radius 3 is 2.50 bits per heavy atom. The van der Waals surface area contributed by atoms with Gasteiger partial charge in [0.05, 0.1) is 0 Å². The van der Waals surface area contributed by atoms with Gasteiger partial charge in [0.1, 0.15) is 5.82 Å². The molecule has 0 N–H and O–H groups in total. The predicted octanol–water partition coefficient (Wildman–Crippen LogP) is 5.08. The molecule has 2 heterocycles. The van der Waals surface area contributed by atoms with Crippen molar-refractivity contribution in [3.63, 3.8) is 0 Å². The molecule has 1 fully saturated rings. The monoisotopic (exact) mass is 316 g/mol. The minimum atomic E-state index is 0.837. The summed E-state index contributed by atoms with van der Waals surface area (Å²) in [6, 6.07) is 21.6. The van der Waals surface area contributed by atoms with Gasteiger partial charge < -0.3 is 4.90 Å². The predicted molar refractivity (Wildman–Crippen MR) is 101 cm³/mol. The minimum absolute atomic E-state index is 0.837. The van der Waals surface area contributed by atoms with E-state index in [1.165, 1.54) is 42.0 Å². The number of hydrogen-bond acceptors (Lipinski definition) is 2. The lowest BCUT2D eigenvalue weighted by Crippen LogP contribution is -2.34. The molecule has 2 aromatic carbocycles. The van der Waals surface area contributed by atoms with Crippen molar-refractivity contribution in [1.82, 2.24) is 4.98 Å². The first-order chi connectivity index (χ1) is 11.9. The number of aryl methyl sites for hydroxylation is 1. The first-order valence-corrected chi connectivity index (χ1v) is 9.03. The first-order valence-electron chi connectivity index (χ1n) is 9.03. The van der Waals surface area contributed by atoms with Crippen molar-refractivity contribution < 1.29 is 0 Å². The maximum absolute atomic E-state index is 4.48. The van der Waals surface area contributed by atoms with Crippen LogP contribution < -0.4 is 4.90 Å². The van der Waals surface area contributed by atoms with Gasteiger partial charge in [0, 0.05) is 19.3 Å². The second kappa shape index (κ2) is 7.04. The van der Waals surface area contributed by atoms with Crippen LogP contribution in [0.25, 0.3) is 10.8 Å². The Labute approximate surface area is 144 Å². The fourth-order valence-electron chi connectivity index (χ4n) is 3.86. The van der Waals surface area contributed by atoms with E-state index >= 15 is 0 Å². The SMILES string of the molecule is c1ccc(N2CCC(CCc3cccc4ccccc34)CC2)nc1. The van der Waals surface area contributed by atoms with Gasteiger partial charge in [-0.25, -0.2) is 4.98 Å². The number of benzene rings is 2. The first kappa shape index (κ1) is 15.2. The Hall–Kier alpha value is -2.35. The second-order valence-electron chi connectivity index (χ2n) is 6.80. The highest BCUT2D eigenvalue weighted by atomic mass is 15.2. The third-order valence-electron chi connectivity index (χ3n) is 5.29. The number of nitrogens with zero attached hydrogens (tertiary/aromatic N) is 2. The molecule has 0 saturated carbocycles. The summed E-state index contributed by atoms with van der Waals surface area (Å²) in [6.07, 6.45) is 6.93. The zero-order valence-electron chi connectivity index (χ0n) is 14.1. The Kier molecular flexibility index (Phi) is 4.46. The Morgan fingerprint density at radius 1 is 0.875 bits per heavy atom. The van der Waals surface area contributed by atoms with Crippen molar-refractivity contribution in [3.05, 3.63) is 72.4 Å². The van der Waals surface area contributed by atoms with E-state index in [9.17, 15) is 0 Å². The van der Waals surface area contributed by atoms with Gasteiger partial charge >= 0.3 is 0 Å². The maximum atomic E-state index is 4.48. The van der Waals surface area contributed by atoms with Crippen molar-refractivity contribution >= 4 is 16.6 Å². The largest absolute Gasteiger partial charge is 0.357 e. The standard InChI is InChI=1S/C22H24N2/c1-2-9-21-19(6-1)7-5-8-20(21)12-11-18-13-16-24(17-14-18)22-10-3-4-15-23-22/h1-10,15,18H,11-14,16-17H2. The van der Waals surface area contributed by atoms with Gasteiger partial charge in [0.2, 0.25) is 0 Å². The van der Waals surface area contributed by atoms with Gasteiger partial charge in [-0.2, -0.15) is 0 Å². The van der Waals surface area contributed by atoms with Crippen molar-refractivity contribution in [2.45, 2.75) is 25.7 Å². The smallest absolute Gasteiger partial charge is 0.128 e. The highest BCUT2D eigenvalue weighted by molar-refractivity contribution is 5.85. The molecule has 1 aliphatic heterocycles. The zero-order chi connectivity index (χ0) is 16.2. The average Bonchev–Trinajstić information content (AvgIpc) is 2.67. The minimum Gasteiger partial charge on any atom is -0.357 e. The fourth-order valence-corrected chi connectivity index (χ4v) is 3.86. The lowest BCUT2D eigenvalue weighted by atomic mass is 9.89. The van der Waals surface area contributed by atoms with E-state index in [1.807, 2.05) is 12.3 Å². The van der Waals surface area contributed by atoms with Crippen LogP contribution in [0.5, 0.6) is 0 Å². The quantitative estimate of drug-likeness (QED) is 0.667. The number of rotatable bonds is 4. The van der Waals surface area contributed by atoms with Crippen LogP contribution in [0.4, 0.5) is 5.82 Å². The van der Waals surface area contributed by atoms with Crippen LogP contribution in [-0.4, -0.2) is 18.1 Å². The molecule has 2 nitrogen and oxygen atoms in total. The molecule has 1 saturated heterocycles. The molecular weight excluding hydrogens is 292 g/mol. The van der Waals surface area contributed by atoms with E-state index in [4.69, 9.17) is 0 Å². The summed E-state index contributed by atoms with van der Waals surface area (Å²) in [6.45, 7) is 2.27. The molecule has 0 bridgehead atoms. The summed E-state index contributed by atoms with van der Waals surface area (Å²) < 4.78 is 0. The second-order valence-corrected chi connectivity index (χ2v) is 6.80. The highest BCUT2D eigenvalue weighted by Crippen LogP contribution is 2.27. The number of piperidine rings is 1. The van der Waals surface area contributed by atoms with E-state index in [2.05, 4.69) is 64.5 Å². The zero-order valence-corrected chi connectivity index (χ0v) is 14.1. The molecule has 0 unspecified atom stereocenters. The fraction of sp³-hybridized carbons (Fsp3) is 0.318. The van der Waals surface area contributed by atoms with Gasteiger partial charge in [-0.05, 0) is 60.1 Å². The molecule has 0 radical (unpaired) electrons. The molecule has 1 aromatic heterocycles. The summed E-state index contributed by atoms with van der Waals surface area (Å²) in [5.74, 6) is 1.97. The van der Waals surface area contributed by atoms with Crippen LogP contribution in [-0.2, 0) is 6.42 Å². The van der Waals surface area contributed by atoms with Crippen LogP contribution in [0.15, 0.2) is 66.9 Å². The normalized spacial score (nSPS) is 15.8. The molecule has 24 heavy (non-hydrogen) atoms. The lowest BCUT2D eigenvalue weighted by molar-refractivity contribution is 0.381. The van der Waals surface area contributed by atoms with Crippen LogP contribution >= 0.6 is 0 Å². The molecule has 0 amide bonds. The van der Waals surface area contributed by atoms with E-state index in [-0.39, 0.29) is 0 Å². The number of pyridine rings is 1. The summed E-state index contributed by atoms with van der Waals surface area (Å²) >= 11 is 0. The maximum Gasteiger partial charge on any atom is 0.128 e. The summed E-state index contributed by atoms with van der Waals surface area (Å²) in [7, 11) is 0. The van der Waals surface area contributed by atoms with Crippen molar-refractivity contribution in [1.29, 1.82) is 0 Å². The molecule has 1 aliphatic rings. The van der Waals surface area contributed by atoms with Crippen LogP contribution in [0.2, 0.25) is 0 Å². The molecule has 0 atom stereocenters. The van der Waals surface area contributed by atoms with Gasteiger partial charge in [0.15, 0.2) is 0 Å². The number of aromatic nitrogens is 1. The Balaban J connectivity index is 1.36. The van der Waals surface area contributed by atoms with E-state index in [1.54, 1.807) is 0 Å². The molecule has 4 rings (SSSR count). The summed E-state index contributed by atoms with van der Waals surface area (Å²) in [5, 5.41) is 2.78. The number of hydrogen-bond donors (Lipinski definition) is 0. The highest BCUT2D eigenvalue weighted by Gasteiger charge is 2.20. The van der Waals surface area contributed by atoms with Crippen LogP contribution in [0, 0.1) is 5.92 Å². The Morgan fingerprint density at radius 2 is 1.67 bits per heavy atom. The molecule has 2 heteroatoms. The number of fused-ring (bicyclic) bond motifs is 1. The summed E-state index contributed by atoms with van der Waals surface area (Å²) in [4.78, 5) is 6.91. The molecule has 122 valence electrons. The van der Waals surface area contributed by atoms with Crippen LogP contribution in [0.3, 0.4) is 0 Å². The molecule has 3 aromatic rings. The lowest BCUT2D eigenvalue weighted by Gasteiger charge is -2.32. The van der Waals surface area contributed by atoms with Gasteiger partial charge in [-0.15, -0.1) is 0 Å². The topological polar surface area (TPSA) is 16.1 Å². The number of anilines is 1. The van der Waals surface area contributed by atoms with Crippen LogP contribution in [0.1, 0.15) is 24.8 Å². The molecule has 0 spiro atoms. The third-order valence-corrected chi connectivity index (χ3v) is 5.29. The van der Waals surface area contributed by atoms with E-state index in [0.717, 1.165) is 24.8 Å². The molecular formula is C22H24N2. The van der Waals surface area contributed by atoms with Crippen molar-refractivity contribution in [3.8, 4) is 0 Å². The van der Waals surface area contributed by atoms with Gasteiger partial charge in [-0.3, -0.25) is 0 Å². The van der Waals surface area contributed by atoms with Gasteiger partial charge in [0.25, 0.3) is 0 Å². The Bertz CT molecular complexity index is 784. The van der Waals surface area contributed by atoms with Crippen molar-refractivity contribution in [2.24, 2.45) is 5.92 Å².